The number of morpholine rings is 1. The number of rotatable bonds is 5. The molecule has 2 aromatic heterocycles. The van der Waals surface area contributed by atoms with E-state index in [0.29, 0.717) is 30.7 Å². The van der Waals surface area contributed by atoms with Gasteiger partial charge in [0.05, 0.1) is 30.6 Å². The molecule has 4 aromatic rings. The van der Waals surface area contributed by atoms with E-state index in [0.717, 1.165) is 34.4 Å². The van der Waals surface area contributed by atoms with Crippen LogP contribution in [0.5, 0.6) is 0 Å². The van der Waals surface area contributed by atoms with Crippen LogP contribution in [0.3, 0.4) is 0 Å². The van der Waals surface area contributed by atoms with Gasteiger partial charge >= 0.3 is 0 Å². The molecule has 1 aliphatic rings. The number of amides is 1. The second kappa shape index (κ2) is 8.37. The molecular weight excluding hydrogens is 414 g/mol. The number of ether oxygens (including phenoxy) is 1. The summed E-state index contributed by atoms with van der Waals surface area (Å²) >= 11 is 6.16. The van der Waals surface area contributed by atoms with Crippen LogP contribution in [0, 0.1) is 0 Å². The maximum Gasteiger partial charge on any atom is 0.245 e. The maximum atomic E-state index is 11.1. The quantitative estimate of drug-likeness (QED) is 0.474. The molecule has 2 aromatic carbocycles. The Morgan fingerprint density at radius 2 is 2.03 bits per heavy atom. The van der Waals surface area contributed by atoms with Crippen LogP contribution >= 0.6 is 11.6 Å². The molecule has 0 spiro atoms. The second-order valence-corrected chi connectivity index (χ2v) is 7.79. The van der Waals surface area contributed by atoms with E-state index >= 15 is 0 Å². The lowest BCUT2D eigenvalue weighted by atomic mass is 10.1. The standard InChI is InChI=1S/C23H20ClN5O2/c24-18-5-1-3-16(11-18)21-8-7-20-13-25-23(27-29(20)21)26-19-6-2-4-17(12-19)22-14-28(15-30)9-10-31-22/h1-8,11-13,15,22H,9-10,14H2,(H,26,27). The maximum absolute atomic E-state index is 11.1. The number of halogens is 1. The number of anilines is 2. The fourth-order valence-corrected chi connectivity index (χ4v) is 3.93. The molecule has 5 rings (SSSR count). The van der Waals surface area contributed by atoms with E-state index in [9.17, 15) is 4.79 Å². The Balaban J connectivity index is 1.42. The highest BCUT2D eigenvalue weighted by atomic mass is 35.5. The van der Waals surface area contributed by atoms with Gasteiger partial charge in [-0.15, -0.1) is 5.10 Å². The third-order valence-corrected chi connectivity index (χ3v) is 5.52. The lowest BCUT2D eigenvalue weighted by Gasteiger charge is -2.30. The zero-order valence-electron chi connectivity index (χ0n) is 16.6. The van der Waals surface area contributed by atoms with Gasteiger partial charge in [0.25, 0.3) is 0 Å². The summed E-state index contributed by atoms with van der Waals surface area (Å²) in [4.78, 5) is 17.3. The first-order valence-electron chi connectivity index (χ1n) is 9.98. The molecule has 8 heteroatoms. The largest absolute Gasteiger partial charge is 0.370 e. The zero-order valence-corrected chi connectivity index (χ0v) is 17.4. The number of benzene rings is 2. The fourth-order valence-electron chi connectivity index (χ4n) is 3.74. The van der Waals surface area contributed by atoms with Gasteiger partial charge in [-0.3, -0.25) is 4.79 Å². The van der Waals surface area contributed by atoms with E-state index in [1.54, 1.807) is 11.1 Å². The van der Waals surface area contributed by atoms with Gasteiger partial charge in [0, 0.05) is 22.8 Å². The number of nitrogens with one attached hydrogen (secondary N) is 1. The van der Waals surface area contributed by atoms with Crippen LogP contribution in [0.2, 0.25) is 5.02 Å². The van der Waals surface area contributed by atoms with Crippen LogP contribution in [0.25, 0.3) is 16.8 Å². The van der Waals surface area contributed by atoms with E-state index in [4.69, 9.17) is 16.3 Å². The van der Waals surface area contributed by atoms with Crippen molar-refractivity contribution in [2.24, 2.45) is 0 Å². The summed E-state index contributed by atoms with van der Waals surface area (Å²) in [6.45, 7) is 1.69. The van der Waals surface area contributed by atoms with Crippen molar-refractivity contribution < 1.29 is 9.53 Å². The molecule has 0 bridgehead atoms. The molecule has 156 valence electrons. The van der Waals surface area contributed by atoms with Crippen molar-refractivity contribution >= 4 is 35.2 Å². The Morgan fingerprint density at radius 1 is 1.13 bits per heavy atom. The highest BCUT2D eigenvalue weighted by Gasteiger charge is 2.21. The Hall–Kier alpha value is -3.42. The Bertz CT molecular complexity index is 1240. The molecule has 31 heavy (non-hydrogen) atoms. The summed E-state index contributed by atoms with van der Waals surface area (Å²) in [5, 5.41) is 8.62. The summed E-state index contributed by atoms with van der Waals surface area (Å²) in [5.41, 5.74) is 4.65. The smallest absolute Gasteiger partial charge is 0.245 e. The van der Waals surface area contributed by atoms with Crippen molar-refractivity contribution in [3.63, 3.8) is 0 Å². The minimum atomic E-state index is -0.150. The van der Waals surface area contributed by atoms with Gasteiger partial charge in [0.2, 0.25) is 12.4 Å². The molecule has 1 fully saturated rings. The second-order valence-electron chi connectivity index (χ2n) is 7.36. The normalized spacial score (nSPS) is 16.4. The molecule has 1 saturated heterocycles. The van der Waals surface area contributed by atoms with Gasteiger partial charge in [-0.1, -0.05) is 35.9 Å². The van der Waals surface area contributed by atoms with E-state index in [1.807, 2.05) is 65.2 Å². The van der Waals surface area contributed by atoms with Gasteiger partial charge < -0.3 is 15.0 Å². The molecule has 7 nitrogen and oxygen atoms in total. The van der Waals surface area contributed by atoms with Crippen molar-refractivity contribution in [2.45, 2.75) is 6.10 Å². The van der Waals surface area contributed by atoms with E-state index in [1.165, 1.54) is 0 Å². The van der Waals surface area contributed by atoms with Crippen molar-refractivity contribution in [3.05, 3.63) is 77.4 Å². The predicted octanol–water partition coefficient (Wildman–Crippen LogP) is 4.32. The molecule has 3 heterocycles. The Labute approximate surface area is 184 Å². The first-order valence-corrected chi connectivity index (χ1v) is 10.4. The number of carbonyl (C=O) groups is 1. The SMILES string of the molecule is O=CN1CCOC(c2cccc(Nc3ncc4ccc(-c5cccc(Cl)c5)n4n3)c2)C1. The van der Waals surface area contributed by atoms with Crippen LogP contribution in [0.15, 0.2) is 66.9 Å². The number of carbonyl (C=O) groups excluding carboxylic acids is 1. The first-order chi connectivity index (χ1) is 15.2. The molecule has 1 amide bonds. The topological polar surface area (TPSA) is 71.8 Å². The number of hydrogen-bond donors (Lipinski definition) is 1. The van der Waals surface area contributed by atoms with Gasteiger partial charge in [0.15, 0.2) is 0 Å². The number of hydrogen-bond acceptors (Lipinski definition) is 5. The number of nitrogens with zero attached hydrogens (tertiary/aromatic N) is 4. The van der Waals surface area contributed by atoms with Crippen molar-refractivity contribution in [3.8, 4) is 11.3 Å². The lowest BCUT2D eigenvalue weighted by Crippen LogP contribution is -2.37. The summed E-state index contributed by atoms with van der Waals surface area (Å²) in [5.74, 6) is 0.475. The average molecular weight is 434 g/mol. The van der Waals surface area contributed by atoms with Gasteiger partial charge in [-0.25, -0.2) is 9.50 Å². The molecule has 1 atom stereocenters. The molecule has 0 saturated carbocycles. The van der Waals surface area contributed by atoms with Crippen molar-refractivity contribution in [2.75, 3.05) is 25.0 Å². The Morgan fingerprint density at radius 3 is 2.90 bits per heavy atom. The zero-order chi connectivity index (χ0) is 21.2. The molecule has 1 aliphatic heterocycles. The minimum absolute atomic E-state index is 0.150. The van der Waals surface area contributed by atoms with Gasteiger partial charge in [-0.05, 0) is 42.0 Å². The van der Waals surface area contributed by atoms with Crippen molar-refractivity contribution in [1.82, 2.24) is 19.5 Å². The molecular formula is C23H20ClN5O2. The highest BCUT2D eigenvalue weighted by Crippen LogP contribution is 2.27. The van der Waals surface area contributed by atoms with Crippen LogP contribution < -0.4 is 5.32 Å². The molecule has 0 aliphatic carbocycles. The fraction of sp³-hybridized carbons (Fsp3) is 0.174. The molecule has 0 radical (unpaired) electrons. The van der Waals surface area contributed by atoms with Crippen LogP contribution in [0.1, 0.15) is 11.7 Å². The number of aromatic nitrogens is 3. The van der Waals surface area contributed by atoms with Gasteiger partial charge in [-0.2, -0.15) is 0 Å². The predicted molar refractivity (Wildman–Crippen MR) is 119 cm³/mol. The van der Waals surface area contributed by atoms with E-state index in [2.05, 4.69) is 15.4 Å². The van der Waals surface area contributed by atoms with Crippen LogP contribution in [0.4, 0.5) is 11.6 Å². The van der Waals surface area contributed by atoms with Crippen LogP contribution in [-0.4, -0.2) is 45.6 Å². The minimum Gasteiger partial charge on any atom is -0.370 e. The highest BCUT2D eigenvalue weighted by molar-refractivity contribution is 6.30. The summed E-state index contributed by atoms with van der Waals surface area (Å²) in [6, 6.07) is 19.5. The molecule has 1 unspecified atom stereocenters. The summed E-state index contributed by atoms with van der Waals surface area (Å²) in [7, 11) is 0. The van der Waals surface area contributed by atoms with Crippen molar-refractivity contribution in [1.29, 1.82) is 0 Å². The molecule has 1 N–H and O–H groups in total. The lowest BCUT2D eigenvalue weighted by molar-refractivity contribution is -0.125. The average Bonchev–Trinajstić information content (AvgIpc) is 3.23. The van der Waals surface area contributed by atoms with Gasteiger partial charge in [0.1, 0.15) is 6.10 Å². The third kappa shape index (κ3) is 4.10. The number of fused-ring (bicyclic) bond motifs is 1. The summed E-state index contributed by atoms with van der Waals surface area (Å²) in [6.07, 6.45) is 2.50. The third-order valence-electron chi connectivity index (χ3n) is 5.28. The first kappa shape index (κ1) is 19.5. The Kier molecular flexibility index (Phi) is 5.28. The van der Waals surface area contributed by atoms with Crippen LogP contribution in [-0.2, 0) is 9.53 Å². The summed E-state index contributed by atoms with van der Waals surface area (Å²) < 4.78 is 7.69. The monoisotopic (exact) mass is 433 g/mol. The van der Waals surface area contributed by atoms with E-state index < -0.39 is 0 Å². The van der Waals surface area contributed by atoms with E-state index in [-0.39, 0.29) is 6.10 Å².